The van der Waals surface area contributed by atoms with Crippen molar-refractivity contribution in [3.63, 3.8) is 0 Å². The summed E-state index contributed by atoms with van der Waals surface area (Å²) in [6, 6.07) is 33.4. The predicted molar refractivity (Wildman–Crippen MR) is 176 cm³/mol. The van der Waals surface area contributed by atoms with E-state index in [-0.39, 0.29) is 12.0 Å². The van der Waals surface area contributed by atoms with Crippen molar-refractivity contribution in [2.75, 3.05) is 7.05 Å². The molecule has 7 heteroatoms. The Morgan fingerprint density at radius 2 is 1.08 bits per heavy atom. The summed E-state index contributed by atoms with van der Waals surface area (Å²) in [6.07, 6.45) is 6.86. The first-order valence-corrected chi connectivity index (χ1v) is 16.7. The van der Waals surface area contributed by atoms with Crippen LogP contribution in [0.25, 0.3) is 0 Å². The molecule has 0 fully saturated rings. The molecule has 0 saturated heterocycles. The van der Waals surface area contributed by atoms with Gasteiger partial charge in [-0.1, -0.05) is 125 Å². The molecule has 0 saturated carbocycles. The molecule has 0 amide bonds. The molecule has 0 aromatic heterocycles. The second-order valence-corrected chi connectivity index (χ2v) is 15.6. The van der Waals surface area contributed by atoms with Crippen molar-refractivity contribution in [2.45, 2.75) is 13.0 Å². The Kier molecular flexibility index (Phi) is 9.54. The second-order valence-electron chi connectivity index (χ2n) is 9.39. The summed E-state index contributed by atoms with van der Waals surface area (Å²) in [5.74, 6) is 0.218. The van der Waals surface area contributed by atoms with E-state index in [2.05, 4.69) is 97.5 Å². The van der Waals surface area contributed by atoms with Crippen molar-refractivity contribution in [2.24, 2.45) is 5.92 Å². The molecule has 1 unspecified atom stereocenters. The molecular formula is C32H27Cl4NP2. The fourth-order valence-electron chi connectivity index (χ4n) is 4.97. The maximum Gasteiger partial charge on any atom is 0.0427 e. The van der Waals surface area contributed by atoms with Crippen LogP contribution in [0, 0.1) is 5.92 Å². The van der Waals surface area contributed by atoms with Gasteiger partial charge >= 0.3 is 0 Å². The maximum absolute atomic E-state index is 6.49. The number of allylic oxidation sites excluding steroid dienone is 2. The van der Waals surface area contributed by atoms with Gasteiger partial charge in [0.15, 0.2) is 0 Å². The molecule has 1 aliphatic carbocycles. The molecule has 198 valence electrons. The Balaban J connectivity index is 1.56. The van der Waals surface area contributed by atoms with Crippen molar-refractivity contribution in [3.05, 3.63) is 141 Å². The molecule has 0 bridgehead atoms. The smallest absolute Gasteiger partial charge is 0.0427 e. The largest absolute Gasteiger partial charge is 0.274 e. The van der Waals surface area contributed by atoms with E-state index >= 15 is 0 Å². The number of nitrogens with zero attached hydrogens (tertiary/aromatic N) is 1. The van der Waals surface area contributed by atoms with Gasteiger partial charge in [-0.15, -0.1) is 0 Å². The first-order chi connectivity index (χ1) is 18.8. The molecular weight excluding hydrogens is 602 g/mol. The van der Waals surface area contributed by atoms with Crippen LogP contribution in [0.1, 0.15) is 6.92 Å². The van der Waals surface area contributed by atoms with Crippen molar-refractivity contribution < 1.29 is 0 Å². The lowest BCUT2D eigenvalue weighted by atomic mass is 10.0. The third kappa shape index (κ3) is 6.64. The van der Waals surface area contributed by atoms with Gasteiger partial charge in [0.05, 0.1) is 0 Å². The minimum Gasteiger partial charge on any atom is -0.274 e. The molecule has 4 aromatic carbocycles. The Bertz CT molecular complexity index is 1380. The van der Waals surface area contributed by atoms with Gasteiger partial charge in [-0.05, 0) is 84.8 Å². The number of rotatable bonds is 8. The zero-order valence-electron chi connectivity index (χ0n) is 21.5. The summed E-state index contributed by atoms with van der Waals surface area (Å²) < 4.78 is 2.44. The van der Waals surface area contributed by atoms with E-state index in [1.165, 1.54) is 15.9 Å². The van der Waals surface area contributed by atoms with Crippen LogP contribution in [0.5, 0.6) is 0 Å². The third-order valence-electron chi connectivity index (χ3n) is 6.82. The topological polar surface area (TPSA) is 3.24 Å². The third-order valence-corrected chi connectivity index (χ3v) is 12.8. The summed E-state index contributed by atoms with van der Waals surface area (Å²) in [5, 5.41) is 8.67. The van der Waals surface area contributed by atoms with Gasteiger partial charge < -0.3 is 0 Å². The molecule has 0 N–H and O–H groups in total. The fraction of sp³-hybridized carbons (Fsp3) is 0.125. The zero-order chi connectivity index (χ0) is 27.5. The van der Waals surface area contributed by atoms with Crippen LogP contribution in [0.3, 0.4) is 0 Å². The van der Waals surface area contributed by atoms with Gasteiger partial charge in [0.2, 0.25) is 0 Å². The molecule has 0 heterocycles. The quantitative estimate of drug-likeness (QED) is 0.176. The summed E-state index contributed by atoms with van der Waals surface area (Å²) in [4.78, 5) is 0. The highest BCUT2D eigenvalue weighted by Gasteiger charge is 2.34. The monoisotopic (exact) mass is 627 g/mol. The van der Waals surface area contributed by atoms with Crippen molar-refractivity contribution in [3.8, 4) is 0 Å². The van der Waals surface area contributed by atoms with Crippen LogP contribution in [-0.2, 0) is 0 Å². The molecule has 0 spiro atoms. The van der Waals surface area contributed by atoms with Crippen LogP contribution in [-0.4, -0.2) is 17.8 Å². The molecule has 5 rings (SSSR count). The Morgan fingerprint density at radius 3 is 1.51 bits per heavy atom. The Hall–Kier alpha value is -1.66. The summed E-state index contributed by atoms with van der Waals surface area (Å²) >= 11 is 26.0. The van der Waals surface area contributed by atoms with Crippen LogP contribution in [0.2, 0.25) is 20.1 Å². The van der Waals surface area contributed by atoms with E-state index in [1.54, 1.807) is 12.1 Å². The van der Waals surface area contributed by atoms with Crippen LogP contribution >= 0.6 is 62.4 Å². The highest BCUT2D eigenvalue weighted by molar-refractivity contribution is 7.76. The second kappa shape index (κ2) is 12.9. The fourth-order valence-corrected chi connectivity index (χ4v) is 11.6. The molecule has 1 nitrogen and oxygen atoms in total. The van der Waals surface area contributed by atoms with Gasteiger partial charge in [0.1, 0.15) is 0 Å². The average molecular weight is 629 g/mol. The minimum absolute atomic E-state index is 0.161. The summed E-state index contributed by atoms with van der Waals surface area (Å²) in [5.41, 5.74) is 0. The van der Waals surface area contributed by atoms with Crippen molar-refractivity contribution >= 4 is 83.6 Å². The summed E-state index contributed by atoms with van der Waals surface area (Å²) in [6.45, 7) is 2.30. The van der Waals surface area contributed by atoms with Crippen molar-refractivity contribution in [1.29, 1.82) is 0 Å². The first-order valence-electron chi connectivity index (χ1n) is 12.6. The molecule has 0 radical (unpaired) electrons. The van der Waals surface area contributed by atoms with Crippen LogP contribution in [0.4, 0.5) is 0 Å². The molecule has 2 atom stereocenters. The normalized spacial score (nSPS) is 15.8. The van der Waals surface area contributed by atoms with Crippen LogP contribution in [0.15, 0.2) is 121 Å². The Morgan fingerprint density at radius 1 is 0.641 bits per heavy atom. The lowest BCUT2D eigenvalue weighted by Gasteiger charge is -2.38. The maximum atomic E-state index is 6.49. The first kappa shape index (κ1) is 28.9. The standard InChI is InChI=1S/C32H27Cl4NP2/c1-22(31-14-9-15-32(31)38(27-10-5-3-6-11-27)28-12-7-4-8-13-28)37(2)39(29-18-23(33)16-24(34)19-29)30-20-25(35)17-26(36)21-30/h3-22,31H,1-2H3/t22-,31?/m1/s1. The average Bonchev–Trinajstić information content (AvgIpc) is 3.38. The van der Waals surface area contributed by atoms with Crippen LogP contribution < -0.4 is 21.2 Å². The van der Waals surface area contributed by atoms with Gasteiger partial charge in [-0.3, -0.25) is 4.67 Å². The predicted octanol–water partition coefficient (Wildman–Crippen LogP) is 9.17. The minimum atomic E-state index is -1.04. The molecule has 1 aliphatic rings. The highest BCUT2D eigenvalue weighted by atomic mass is 35.5. The van der Waals surface area contributed by atoms with E-state index in [0.29, 0.717) is 20.1 Å². The van der Waals surface area contributed by atoms with Crippen molar-refractivity contribution in [1.82, 2.24) is 4.67 Å². The van der Waals surface area contributed by atoms with E-state index < -0.39 is 16.0 Å². The van der Waals surface area contributed by atoms with E-state index in [9.17, 15) is 0 Å². The van der Waals surface area contributed by atoms with Gasteiger partial charge in [-0.2, -0.15) is 0 Å². The number of benzene rings is 4. The lowest BCUT2D eigenvalue weighted by Crippen LogP contribution is -2.37. The highest BCUT2D eigenvalue weighted by Crippen LogP contribution is 2.52. The van der Waals surface area contributed by atoms with Gasteiger partial charge in [0.25, 0.3) is 0 Å². The molecule has 0 aliphatic heterocycles. The molecule has 4 aromatic rings. The Labute approximate surface area is 253 Å². The summed E-state index contributed by atoms with van der Waals surface area (Å²) in [7, 11) is 0.438. The van der Waals surface area contributed by atoms with Gasteiger partial charge in [-0.25, -0.2) is 0 Å². The number of halogens is 4. The van der Waals surface area contributed by atoms with E-state index in [1.807, 2.05) is 24.3 Å². The van der Waals surface area contributed by atoms with E-state index in [4.69, 9.17) is 46.4 Å². The zero-order valence-corrected chi connectivity index (χ0v) is 26.3. The number of hydrogen-bond donors (Lipinski definition) is 0. The SMILES string of the molecule is C[C@H](C1C=CC=C1P(c1ccccc1)c1ccccc1)N(C)P(c1cc(Cl)cc(Cl)c1)c1cc(Cl)cc(Cl)c1. The number of hydrogen-bond acceptors (Lipinski definition) is 1. The lowest BCUT2D eigenvalue weighted by molar-refractivity contribution is 0.381. The van der Waals surface area contributed by atoms with E-state index in [0.717, 1.165) is 10.6 Å². The molecule has 39 heavy (non-hydrogen) atoms. The van der Waals surface area contributed by atoms with Gasteiger partial charge in [0, 0.05) is 40.1 Å².